The molecule has 0 aliphatic heterocycles. The number of carbonyl (C=O) groups is 1. The number of nitrogens with one attached hydrogen (secondary N) is 2. The van der Waals surface area contributed by atoms with E-state index in [9.17, 15) is 17.6 Å². The first-order valence-electron chi connectivity index (χ1n) is 8.85. The van der Waals surface area contributed by atoms with Crippen molar-refractivity contribution in [3.05, 3.63) is 65.4 Å². The summed E-state index contributed by atoms with van der Waals surface area (Å²) in [6, 6.07) is 11.8. The van der Waals surface area contributed by atoms with E-state index >= 15 is 0 Å². The highest BCUT2D eigenvalue weighted by Crippen LogP contribution is 2.24. The van der Waals surface area contributed by atoms with Crippen LogP contribution in [-0.4, -0.2) is 25.4 Å². The van der Waals surface area contributed by atoms with Gasteiger partial charge >= 0.3 is 0 Å². The van der Waals surface area contributed by atoms with Gasteiger partial charge in [0.2, 0.25) is 15.9 Å². The molecular formula is C20H20FN3O3S2. The van der Waals surface area contributed by atoms with Crippen LogP contribution in [-0.2, 0) is 21.2 Å². The van der Waals surface area contributed by atoms with Gasteiger partial charge < -0.3 is 5.32 Å². The molecule has 0 unspecified atom stereocenters. The molecule has 3 rings (SSSR count). The van der Waals surface area contributed by atoms with Crippen molar-refractivity contribution in [2.24, 2.45) is 0 Å². The lowest BCUT2D eigenvalue weighted by molar-refractivity contribution is -0.115. The largest absolute Gasteiger partial charge is 0.326 e. The Morgan fingerprint density at radius 3 is 2.38 bits per heavy atom. The van der Waals surface area contributed by atoms with E-state index in [2.05, 4.69) is 15.0 Å². The molecule has 2 N–H and O–H groups in total. The van der Waals surface area contributed by atoms with Crippen molar-refractivity contribution in [1.82, 2.24) is 9.71 Å². The van der Waals surface area contributed by atoms with Crippen molar-refractivity contribution in [2.75, 3.05) is 5.32 Å². The van der Waals surface area contributed by atoms with Crippen LogP contribution in [0.25, 0.3) is 10.6 Å². The summed E-state index contributed by atoms with van der Waals surface area (Å²) in [4.78, 5) is 16.8. The summed E-state index contributed by atoms with van der Waals surface area (Å²) in [5.41, 5.74) is 1.88. The highest BCUT2D eigenvalue weighted by atomic mass is 32.2. The first kappa shape index (κ1) is 21.1. The van der Waals surface area contributed by atoms with Crippen LogP contribution in [0.1, 0.15) is 19.5 Å². The number of carbonyl (C=O) groups excluding carboxylic acids is 1. The molecule has 0 saturated heterocycles. The van der Waals surface area contributed by atoms with E-state index < -0.39 is 10.0 Å². The average molecular weight is 434 g/mol. The summed E-state index contributed by atoms with van der Waals surface area (Å²) in [7, 11) is -3.57. The molecule has 1 amide bonds. The third kappa shape index (κ3) is 5.69. The van der Waals surface area contributed by atoms with Gasteiger partial charge in [-0.25, -0.2) is 22.5 Å². The monoisotopic (exact) mass is 433 g/mol. The Balaban J connectivity index is 1.62. The number of aromatic nitrogens is 1. The predicted molar refractivity (Wildman–Crippen MR) is 112 cm³/mol. The molecule has 0 aliphatic carbocycles. The van der Waals surface area contributed by atoms with Crippen LogP contribution >= 0.6 is 11.3 Å². The van der Waals surface area contributed by atoms with Gasteiger partial charge in [0, 0.05) is 22.7 Å². The number of sulfonamides is 1. The molecule has 0 saturated carbocycles. The van der Waals surface area contributed by atoms with Gasteiger partial charge in [0.05, 0.1) is 17.0 Å². The fourth-order valence-electron chi connectivity index (χ4n) is 2.58. The predicted octanol–water partition coefficient (Wildman–Crippen LogP) is 3.82. The maximum atomic E-state index is 13.0. The van der Waals surface area contributed by atoms with Gasteiger partial charge in [-0.15, -0.1) is 11.3 Å². The van der Waals surface area contributed by atoms with Crippen molar-refractivity contribution < 1.29 is 17.6 Å². The van der Waals surface area contributed by atoms with Gasteiger partial charge in [-0.1, -0.05) is 0 Å². The summed E-state index contributed by atoms with van der Waals surface area (Å²) < 4.78 is 39.8. The Bertz CT molecular complexity index is 1090. The van der Waals surface area contributed by atoms with Gasteiger partial charge in [0.1, 0.15) is 10.8 Å². The molecule has 9 heteroatoms. The standard InChI is InChI=1S/C20H20FN3O3S2/c1-13(2)24-29(26,27)18-9-7-16(8-10-18)22-19(25)11-17-12-28-20(23-17)14-3-5-15(21)6-4-14/h3-10,12-13,24H,11H2,1-2H3,(H,22,25). The highest BCUT2D eigenvalue weighted by molar-refractivity contribution is 7.89. The number of rotatable bonds is 7. The van der Waals surface area contributed by atoms with Crippen molar-refractivity contribution in [1.29, 1.82) is 0 Å². The first-order valence-corrected chi connectivity index (χ1v) is 11.2. The summed E-state index contributed by atoms with van der Waals surface area (Å²) in [6.07, 6.45) is 0.0760. The van der Waals surface area contributed by atoms with E-state index in [-0.39, 0.29) is 29.1 Å². The zero-order valence-electron chi connectivity index (χ0n) is 15.8. The molecule has 29 heavy (non-hydrogen) atoms. The number of benzene rings is 2. The molecule has 1 heterocycles. The minimum absolute atomic E-state index is 0.0760. The van der Waals surface area contributed by atoms with Gasteiger partial charge in [-0.05, 0) is 62.4 Å². The molecule has 0 fully saturated rings. The smallest absolute Gasteiger partial charge is 0.240 e. The Labute approximate surface area is 172 Å². The fourth-order valence-corrected chi connectivity index (χ4v) is 4.66. The third-order valence-corrected chi connectivity index (χ3v) is 6.44. The number of halogens is 1. The second-order valence-corrected chi connectivity index (χ2v) is 9.25. The Morgan fingerprint density at radius 2 is 1.76 bits per heavy atom. The molecule has 2 aromatic carbocycles. The fraction of sp³-hybridized carbons (Fsp3) is 0.200. The van der Waals surface area contributed by atoms with E-state index in [1.807, 2.05) is 0 Å². The van der Waals surface area contributed by atoms with Crippen LogP contribution < -0.4 is 10.0 Å². The molecule has 0 atom stereocenters. The van der Waals surface area contributed by atoms with Gasteiger partial charge in [0.15, 0.2) is 0 Å². The van der Waals surface area contributed by atoms with Gasteiger partial charge in [-0.3, -0.25) is 4.79 Å². The summed E-state index contributed by atoms with van der Waals surface area (Å²) in [6.45, 7) is 3.48. The van der Waals surface area contributed by atoms with Gasteiger partial charge in [0.25, 0.3) is 0 Å². The van der Waals surface area contributed by atoms with E-state index in [0.717, 1.165) is 5.56 Å². The van der Waals surface area contributed by atoms with E-state index in [1.165, 1.54) is 47.7 Å². The number of hydrogen-bond donors (Lipinski definition) is 2. The molecule has 152 valence electrons. The van der Waals surface area contributed by atoms with Crippen molar-refractivity contribution in [3.8, 4) is 10.6 Å². The number of thiazole rings is 1. The van der Waals surface area contributed by atoms with Crippen molar-refractivity contribution in [2.45, 2.75) is 31.2 Å². The van der Waals surface area contributed by atoms with Crippen LogP contribution in [0.5, 0.6) is 0 Å². The third-order valence-electron chi connectivity index (χ3n) is 3.82. The average Bonchev–Trinajstić information content (AvgIpc) is 3.10. The minimum Gasteiger partial charge on any atom is -0.326 e. The Hall–Kier alpha value is -2.62. The summed E-state index contributed by atoms with van der Waals surface area (Å²) in [5, 5.41) is 5.22. The SMILES string of the molecule is CC(C)NS(=O)(=O)c1ccc(NC(=O)Cc2csc(-c3ccc(F)cc3)n2)cc1. The van der Waals surface area contributed by atoms with E-state index in [1.54, 1.807) is 31.4 Å². The number of nitrogens with zero attached hydrogens (tertiary/aromatic N) is 1. The van der Waals surface area contributed by atoms with Crippen LogP contribution in [0.2, 0.25) is 0 Å². The topological polar surface area (TPSA) is 88.2 Å². The number of amides is 1. The maximum absolute atomic E-state index is 13.0. The second-order valence-electron chi connectivity index (χ2n) is 6.68. The lowest BCUT2D eigenvalue weighted by Gasteiger charge is -2.10. The first-order chi connectivity index (χ1) is 13.7. The molecule has 1 aromatic heterocycles. The Morgan fingerprint density at radius 1 is 1.10 bits per heavy atom. The van der Waals surface area contributed by atoms with E-state index in [0.29, 0.717) is 16.4 Å². The summed E-state index contributed by atoms with van der Waals surface area (Å²) >= 11 is 1.38. The second kappa shape index (κ2) is 8.81. The zero-order valence-corrected chi connectivity index (χ0v) is 17.5. The summed E-state index contributed by atoms with van der Waals surface area (Å²) in [5.74, 6) is -0.583. The zero-order chi connectivity index (χ0) is 21.0. The van der Waals surface area contributed by atoms with Crippen LogP contribution in [0.15, 0.2) is 58.8 Å². The normalized spacial score (nSPS) is 11.6. The van der Waals surface area contributed by atoms with Crippen LogP contribution in [0.3, 0.4) is 0 Å². The maximum Gasteiger partial charge on any atom is 0.240 e. The lowest BCUT2D eigenvalue weighted by atomic mass is 10.2. The molecular weight excluding hydrogens is 413 g/mol. The van der Waals surface area contributed by atoms with Crippen LogP contribution in [0.4, 0.5) is 10.1 Å². The molecule has 0 aliphatic rings. The highest BCUT2D eigenvalue weighted by Gasteiger charge is 2.15. The Kier molecular flexibility index (Phi) is 6.41. The molecule has 0 spiro atoms. The van der Waals surface area contributed by atoms with Crippen LogP contribution in [0, 0.1) is 5.82 Å². The lowest BCUT2D eigenvalue weighted by Crippen LogP contribution is -2.30. The van der Waals surface area contributed by atoms with Gasteiger partial charge in [-0.2, -0.15) is 0 Å². The van der Waals surface area contributed by atoms with Crippen molar-refractivity contribution >= 4 is 33.0 Å². The quantitative estimate of drug-likeness (QED) is 0.593. The number of hydrogen-bond acceptors (Lipinski definition) is 5. The molecule has 3 aromatic rings. The van der Waals surface area contributed by atoms with Crippen molar-refractivity contribution in [3.63, 3.8) is 0 Å². The minimum atomic E-state index is -3.57. The molecule has 6 nitrogen and oxygen atoms in total. The molecule has 0 radical (unpaired) electrons. The van der Waals surface area contributed by atoms with E-state index in [4.69, 9.17) is 0 Å². The molecule has 0 bridgehead atoms. The number of anilines is 1.